The highest BCUT2D eigenvalue weighted by molar-refractivity contribution is 5.96. The molecule has 6 nitrogen and oxygen atoms in total. The normalized spacial score (nSPS) is 10.8. The van der Waals surface area contributed by atoms with Gasteiger partial charge in [0, 0.05) is 30.3 Å². The smallest absolute Gasteiger partial charge is 0.142 e. The summed E-state index contributed by atoms with van der Waals surface area (Å²) >= 11 is 0. The van der Waals surface area contributed by atoms with Gasteiger partial charge in [-0.1, -0.05) is 12.1 Å². The third-order valence-corrected chi connectivity index (χ3v) is 4.81. The van der Waals surface area contributed by atoms with E-state index in [0.717, 1.165) is 27.9 Å². The number of nitrogens with zero attached hydrogens (tertiary/aromatic N) is 2. The molecule has 2 heterocycles. The van der Waals surface area contributed by atoms with Crippen LogP contribution in [0.4, 0.5) is 11.5 Å². The molecule has 0 aliphatic rings. The molecule has 0 radical (unpaired) electrons. The van der Waals surface area contributed by atoms with Crippen LogP contribution in [0.25, 0.3) is 22.2 Å². The average molecular weight is 375 g/mol. The van der Waals surface area contributed by atoms with Crippen molar-refractivity contribution in [3.8, 4) is 28.5 Å². The number of aromatic hydroxyl groups is 1. The predicted octanol–water partition coefficient (Wildman–Crippen LogP) is 4.71. The predicted molar refractivity (Wildman–Crippen MR) is 111 cm³/mol. The lowest BCUT2D eigenvalue weighted by Gasteiger charge is -2.10. The molecule has 28 heavy (non-hydrogen) atoms. The molecular weight excluding hydrogens is 354 g/mol. The zero-order valence-electron chi connectivity index (χ0n) is 15.9. The van der Waals surface area contributed by atoms with Gasteiger partial charge in [-0.3, -0.25) is 0 Å². The van der Waals surface area contributed by atoms with E-state index < -0.39 is 0 Å². The van der Waals surface area contributed by atoms with Gasteiger partial charge >= 0.3 is 0 Å². The molecule has 6 heteroatoms. The summed E-state index contributed by atoms with van der Waals surface area (Å²) in [5.74, 6) is 2.16. The van der Waals surface area contributed by atoms with Gasteiger partial charge < -0.3 is 24.5 Å². The first-order valence-corrected chi connectivity index (χ1v) is 8.84. The Bertz CT molecular complexity index is 1150. The van der Waals surface area contributed by atoms with Crippen LogP contribution in [0.15, 0.2) is 60.8 Å². The van der Waals surface area contributed by atoms with Crippen molar-refractivity contribution in [2.24, 2.45) is 7.05 Å². The number of rotatable bonds is 5. The summed E-state index contributed by atoms with van der Waals surface area (Å²) in [5, 5.41) is 14.4. The molecule has 0 aliphatic heterocycles. The summed E-state index contributed by atoms with van der Waals surface area (Å²) in [6.45, 7) is 0. The number of methoxy groups -OCH3 is 2. The molecule has 0 spiro atoms. The summed E-state index contributed by atoms with van der Waals surface area (Å²) < 4.78 is 12.8. The molecule has 4 aromatic rings. The van der Waals surface area contributed by atoms with Crippen molar-refractivity contribution in [1.29, 1.82) is 0 Å². The highest BCUT2D eigenvalue weighted by Crippen LogP contribution is 2.37. The number of aromatic nitrogens is 2. The number of nitrogens with one attached hydrogen (secondary N) is 1. The molecule has 0 fully saturated rings. The Kier molecular flexibility index (Phi) is 4.53. The maximum Gasteiger partial charge on any atom is 0.142 e. The highest BCUT2D eigenvalue weighted by Gasteiger charge is 2.15. The molecule has 2 N–H and O–H groups in total. The van der Waals surface area contributed by atoms with E-state index in [-0.39, 0.29) is 5.75 Å². The van der Waals surface area contributed by atoms with Gasteiger partial charge in [-0.05, 0) is 36.4 Å². The van der Waals surface area contributed by atoms with E-state index in [0.29, 0.717) is 17.3 Å². The maximum absolute atomic E-state index is 10.3. The molecular formula is C22H21N3O3. The van der Waals surface area contributed by atoms with Gasteiger partial charge in [0.05, 0.1) is 31.1 Å². The second-order valence-corrected chi connectivity index (χ2v) is 6.39. The summed E-state index contributed by atoms with van der Waals surface area (Å²) in [5.41, 5.74) is 3.60. The Morgan fingerprint density at radius 3 is 2.57 bits per heavy atom. The fourth-order valence-corrected chi connectivity index (χ4v) is 3.35. The largest absolute Gasteiger partial charge is 0.506 e. The van der Waals surface area contributed by atoms with E-state index in [1.54, 1.807) is 38.6 Å². The summed E-state index contributed by atoms with van der Waals surface area (Å²) in [4.78, 5) is 4.48. The Hall–Kier alpha value is -3.67. The van der Waals surface area contributed by atoms with Crippen LogP contribution in [0.3, 0.4) is 0 Å². The Balaban J connectivity index is 1.81. The molecule has 0 aliphatic carbocycles. The Morgan fingerprint density at radius 1 is 1.00 bits per heavy atom. The standard InChI is InChI=1S/C22H21N3O3/c1-25-18-10-11-23-22(24-17-9-8-14(27-2)12-20(17)26)16(18)13-19(25)15-6-4-5-7-21(15)28-3/h4-13,26H,1-3H3,(H,23,24). The second kappa shape index (κ2) is 7.15. The minimum absolute atomic E-state index is 0.0963. The molecule has 4 rings (SSSR count). The molecule has 142 valence electrons. The van der Waals surface area contributed by atoms with E-state index in [1.165, 1.54) is 0 Å². The Morgan fingerprint density at radius 2 is 1.82 bits per heavy atom. The van der Waals surface area contributed by atoms with E-state index in [1.807, 2.05) is 37.4 Å². The number of phenolic OH excluding ortho intramolecular Hbond substituents is 1. The van der Waals surface area contributed by atoms with Crippen molar-refractivity contribution in [2.45, 2.75) is 0 Å². The van der Waals surface area contributed by atoms with Crippen LogP contribution >= 0.6 is 0 Å². The van der Waals surface area contributed by atoms with Gasteiger partial charge in [0.15, 0.2) is 0 Å². The lowest BCUT2D eigenvalue weighted by atomic mass is 10.1. The SMILES string of the molecule is COc1ccc(Nc2nccc3c2cc(-c2ccccc2OC)n3C)c(O)c1. The lowest BCUT2D eigenvalue weighted by Crippen LogP contribution is -1.96. The van der Waals surface area contributed by atoms with E-state index in [9.17, 15) is 5.11 Å². The minimum atomic E-state index is 0.0963. The zero-order valence-corrected chi connectivity index (χ0v) is 15.9. The number of hydrogen-bond acceptors (Lipinski definition) is 5. The number of phenols is 1. The number of benzene rings is 2. The lowest BCUT2D eigenvalue weighted by molar-refractivity contribution is 0.408. The molecule has 0 saturated heterocycles. The number of hydrogen-bond donors (Lipinski definition) is 2. The molecule has 0 bridgehead atoms. The highest BCUT2D eigenvalue weighted by atomic mass is 16.5. The third kappa shape index (κ3) is 2.99. The first kappa shape index (κ1) is 17.7. The maximum atomic E-state index is 10.3. The average Bonchev–Trinajstić information content (AvgIpc) is 3.07. The van der Waals surface area contributed by atoms with Gasteiger partial charge in [0.25, 0.3) is 0 Å². The van der Waals surface area contributed by atoms with Crippen LogP contribution in [-0.2, 0) is 7.05 Å². The van der Waals surface area contributed by atoms with Gasteiger partial charge in [-0.2, -0.15) is 0 Å². The van der Waals surface area contributed by atoms with Crippen molar-refractivity contribution in [3.05, 3.63) is 60.8 Å². The van der Waals surface area contributed by atoms with E-state index >= 15 is 0 Å². The fraction of sp³-hybridized carbons (Fsp3) is 0.136. The van der Waals surface area contributed by atoms with Crippen LogP contribution in [0.2, 0.25) is 0 Å². The topological polar surface area (TPSA) is 68.5 Å². The van der Waals surface area contributed by atoms with Crippen LogP contribution in [0.1, 0.15) is 0 Å². The van der Waals surface area contributed by atoms with E-state index in [2.05, 4.69) is 20.9 Å². The van der Waals surface area contributed by atoms with Crippen molar-refractivity contribution in [3.63, 3.8) is 0 Å². The van der Waals surface area contributed by atoms with Crippen molar-refractivity contribution >= 4 is 22.4 Å². The molecule has 0 atom stereocenters. The van der Waals surface area contributed by atoms with Crippen molar-refractivity contribution < 1.29 is 14.6 Å². The van der Waals surface area contributed by atoms with Crippen molar-refractivity contribution in [2.75, 3.05) is 19.5 Å². The van der Waals surface area contributed by atoms with Crippen molar-refractivity contribution in [1.82, 2.24) is 9.55 Å². The van der Waals surface area contributed by atoms with Gasteiger partial charge in [-0.25, -0.2) is 4.98 Å². The van der Waals surface area contributed by atoms with Gasteiger partial charge in [-0.15, -0.1) is 0 Å². The molecule has 2 aromatic carbocycles. The molecule has 0 amide bonds. The third-order valence-electron chi connectivity index (χ3n) is 4.81. The first-order chi connectivity index (χ1) is 13.6. The number of pyridine rings is 1. The number of fused-ring (bicyclic) bond motifs is 1. The van der Waals surface area contributed by atoms with Crippen LogP contribution in [0.5, 0.6) is 17.2 Å². The molecule has 0 unspecified atom stereocenters. The van der Waals surface area contributed by atoms with Gasteiger partial charge in [0.1, 0.15) is 23.1 Å². The van der Waals surface area contributed by atoms with Crippen LogP contribution in [0, 0.1) is 0 Å². The summed E-state index contributed by atoms with van der Waals surface area (Å²) in [7, 11) is 5.24. The quantitative estimate of drug-likeness (QED) is 0.495. The minimum Gasteiger partial charge on any atom is -0.506 e. The summed E-state index contributed by atoms with van der Waals surface area (Å²) in [6, 6.07) is 17.1. The molecule has 0 saturated carbocycles. The van der Waals surface area contributed by atoms with Gasteiger partial charge in [0.2, 0.25) is 0 Å². The monoisotopic (exact) mass is 375 g/mol. The second-order valence-electron chi connectivity index (χ2n) is 6.39. The van der Waals surface area contributed by atoms with Crippen LogP contribution < -0.4 is 14.8 Å². The number of ether oxygens (including phenoxy) is 2. The van der Waals surface area contributed by atoms with Crippen LogP contribution in [-0.4, -0.2) is 28.9 Å². The first-order valence-electron chi connectivity index (χ1n) is 8.84. The zero-order chi connectivity index (χ0) is 19.7. The molecule has 2 aromatic heterocycles. The number of para-hydroxylation sites is 1. The summed E-state index contributed by atoms with van der Waals surface area (Å²) in [6.07, 6.45) is 1.75. The number of anilines is 2. The van der Waals surface area contributed by atoms with E-state index in [4.69, 9.17) is 9.47 Å². The fourth-order valence-electron chi connectivity index (χ4n) is 3.35. The Labute approximate surface area is 163 Å². The number of aryl methyl sites for hydroxylation is 1.